The summed E-state index contributed by atoms with van der Waals surface area (Å²) in [6, 6.07) is 11.2. The molecule has 0 spiro atoms. The molecule has 0 bridgehead atoms. The van der Waals surface area contributed by atoms with Crippen LogP contribution in [0.2, 0.25) is 0 Å². The van der Waals surface area contributed by atoms with Gasteiger partial charge in [-0.25, -0.2) is 8.42 Å². The van der Waals surface area contributed by atoms with Gasteiger partial charge in [0.25, 0.3) is 5.91 Å². The minimum absolute atomic E-state index is 0.179. The minimum Gasteiger partial charge on any atom is -0.369 e. The molecular weight excluding hydrogens is 398 g/mol. The number of allylic oxidation sites excluding steroid dienone is 1. The number of nitrogens with one attached hydrogen (secondary N) is 1. The Morgan fingerprint density at radius 1 is 0.967 bits per heavy atom. The lowest BCUT2D eigenvalue weighted by Gasteiger charge is -2.36. The number of benzene rings is 2. The number of carbonyl (C=O) groups excluding carboxylic acids is 1. The third-order valence-electron chi connectivity index (χ3n) is 5.82. The minimum atomic E-state index is -3.63. The van der Waals surface area contributed by atoms with Crippen LogP contribution in [-0.4, -0.2) is 44.8 Å². The highest BCUT2D eigenvalue weighted by atomic mass is 32.2. The SMILES string of the molecule is CC(C)=C1C(=O)Nc2ccc(S(=O)(=O)N3CCN(c4cc(C)ccc4C)CC3)cc21. The number of carbonyl (C=O) groups is 1. The number of fused-ring (bicyclic) bond motifs is 1. The van der Waals surface area contributed by atoms with Crippen LogP contribution >= 0.6 is 0 Å². The molecule has 30 heavy (non-hydrogen) atoms. The molecule has 0 aliphatic carbocycles. The fourth-order valence-electron chi connectivity index (χ4n) is 4.18. The summed E-state index contributed by atoms with van der Waals surface area (Å²) in [5.74, 6) is -0.179. The number of rotatable bonds is 3. The second-order valence-electron chi connectivity index (χ2n) is 8.22. The number of hydrogen-bond acceptors (Lipinski definition) is 4. The first-order valence-electron chi connectivity index (χ1n) is 10.1. The second-order valence-corrected chi connectivity index (χ2v) is 10.2. The van der Waals surface area contributed by atoms with E-state index in [2.05, 4.69) is 42.3 Å². The van der Waals surface area contributed by atoms with Gasteiger partial charge in [0.05, 0.1) is 4.90 Å². The van der Waals surface area contributed by atoms with Gasteiger partial charge in [-0.05, 0) is 63.1 Å². The van der Waals surface area contributed by atoms with Gasteiger partial charge in [0, 0.05) is 48.7 Å². The second kappa shape index (κ2) is 7.56. The molecule has 2 aromatic carbocycles. The largest absolute Gasteiger partial charge is 0.369 e. The summed E-state index contributed by atoms with van der Waals surface area (Å²) in [5, 5.41) is 2.81. The Morgan fingerprint density at radius 3 is 2.33 bits per heavy atom. The van der Waals surface area contributed by atoms with Gasteiger partial charge in [-0.15, -0.1) is 0 Å². The van der Waals surface area contributed by atoms with Crippen LogP contribution in [0.5, 0.6) is 0 Å². The van der Waals surface area contributed by atoms with Crippen LogP contribution in [0, 0.1) is 13.8 Å². The lowest BCUT2D eigenvalue weighted by Crippen LogP contribution is -2.48. The van der Waals surface area contributed by atoms with Crippen LogP contribution < -0.4 is 10.2 Å². The van der Waals surface area contributed by atoms with Crippen molar-refractivity contribution in [1.29, 1.82) is 0 Å². The first-order chi connectivity index (χ1) is 14.2. The summed E-state index contributed by atoms with van der Waals surface area (Å²) in [5.41, 5.74) is 6.31. The van der Waals surface area contributed by atoms with Gasteiger partial charge in [0.2, 0.25) is 10.0 Å². The van der Waals surface area contributed by atoms with Gasteiger partial charge < -0.3 is 10.2 Å². The van der Waals surface area contributed by atoms with Crippen LogP contribution in [0.3, 0.4) is 0 Å². The summed E-state index contributed by atoms with van der Waals surface area (Å²) in [7, 11) is -3.63. The molecular formula is C23H27N3O3S. The molecule has 1 fully saturated rings. The summed E-state index contributed by atoms with van der Waals surface area (Å²) in [4.78, 5) is 14.7. The molecule has 0 atom stereocenters. The number of hydrogen-bond donors (Lipinski definition) is 1. The van der Waals surface area contributed by atoms with Gasteiger partial charge in [-0.3, -0.25) is 4.79 Å². The lowest BCUT2D eigenvalue weighted by molar-refractivity contribution is -0.110. The molecule has 4 rings (SSSR count). The number of piperazine rings is 1. The van der Waals surface area contributed by atoms with Crippen LogP contribution in [0.25, 0.3) is 5.57 Å². The molecule has 1 N–H and O–H groups in total. The zero-order chi connectivity index (χ0) is 21.6. The number of anilines is 2. The smallest absolute Gasteiger partial charge is 0.256 e. The number of amides is 1. The Labute approximate surface area is 178 Å². The van der Waals surface area contributed by atoms with Crippen LogP contribution in [0.4, 0.5) is 11.4 Å². The van der Waals surface area contributed by atoms with E-state index < -0.39 is 10.0 Å². The number of aryl methyl sites for hydroxylation is 2. The van der Waals surface area contributed by atoms with Crippen molar-refractivity contribution in [2.75, 3.05) is 36.4 Å². The van der Waals surface area contributed by atoms with Crippen molar-refractivity contribution in [2.45, 2.75) is 32.6 Å². The van der Waals surface area contributed by atoms with Crippen molar-refractivity contribution in [1.82, 2.24) is 4.31 Å². The van der Waals surface area contributed by atoms with Gasteiger partial charge in [0.1, 0.15) is 0 Å². The zero-order valence-corrected chi connectivity index (χ0v) is 18.6. The predicted octanol–water partition coefficient (Wildman–Crippen LogP) is 3.56. The van der Waals surface area contributed by atoms with Crippen molar-refractivity contribution in [3.05, 3.63) is 58.7 Å². The number of sulfonamides is 1. The molecule has 2 aromatic rings. The fraction of sp³-hybridized carbons (Fsp3) is 0.348. The topological polar surface area (TPSA) is 69.7 Å². The van der Waals surface area contributed by atoms with Gasteiger partial charge in [-0.2, -0.15) is 4.31 Å². The summed E-state index contributed by atoms with van der Waals surface area (Å²) >= 11 is 0. The average molecular weight is 426 g/mol. The predicted molar refractivity (Wildman–Crippen MR) is 120 cm³/mol. The van der Waals surface area contributed by atoms with Crippen molar-refractivity contribution in [2.24, 2.45) is 0 Å². The Hall–Kier alpha value is -2.64. The van der Waals surface area contributed by atoms with E-state index in [9.17, 15) is 13.2 Å². The highest BCUT2D eigenvalue weighted by Crippen LogP contribution is 2.36. The maximum atomic E-state index is 13.3. The first kappa shape index (κ1) is 20.6. The van der Waals surface area contributed by atoms with E-state index in [0.29, 0.717) is 43.0 Å². The lowest BCUT2D eigenvalue weighted by atomic mass is 10.0. The van der Waals surface area contributed by atoms with Gasteiger partial charge in [-0.1, -0.05) is 17.7 Å². The van der Waals surface area contributed by atoms with Crippen molar-refractivity contribution >= 4 is 32.9 Å². The maximum Gasteiger partial charge on any atom is 0.256 e. The molecule has 1 saturated heterocycles. The molecule has 2 heterocycles. The third-order valence-corrected chi connectivity index (χ3v) is 7.71. The van der Waals surface area contributed by atoms with E-state index in [1.54, 1.807) is 22.5 Å². The normalized spacial score (nSPS) is 17.1. The average Bonchev–Trinajstić information content (AvgIpc) is 3.05. The molecule has 1 amide bonds. The standard InChI is InChI=1S/C23H27N3O3S/c1-15(2)22-19-14-18(7-8-20(19)24-23(22)27)30(28,29)26-11-9-25(10-12-26)21-13-16(3)5-6-17(21)4/h5-8,13-14H,9-12H2,1-4H3,(H,24,27). The zero-order valence-electron chi connectivity index (χ0n) is 17.8. The van der Waals surface area contributed by atoms with Crippen molar-refractivity contribution in [3.8, 4) is 0 Å². The quantitative estimate of drug-likeness (QED) is 0.764. The molecule has 0 unspecified atom stereocenters. The Bertz CT molecular complexity index is 1160. The fourth-order valence-corrected chi connectivity index (χ4v) is 5.63. The Kier molecular flexibility index (Phi) is 5.20. The highest BCUT2D eigenvalue weighted by Gasteiger charge is 2.32. The molecule has 7 heteroatoms. The molecule has 6 nitrogen and oxygen atoms in total. The van der Waals surface area contributed by atoms with E-state index in [1.807, 2.05) is 13.8 Å². The molecule has 158 valence electrons. The Morgan fingerprint density at radius 2 is 1.67 bits per heavy atom. The van der Waals surface area contributed by atoms with E-state index in [0.717, 1.165) is 5.57 Å². The first-order valence-corrected chi connectivity index (χ1v) is 11.6. The van der Waals surface area contributed by atoms with Crippen molar-refractivity contribution < 1.29 is 13.2 Å². The summed E-state index contributed by atoms with van der Waals surface area (Å²) in [6.07, 6.45) is 0. The van der Waals surface area contributed by atoms with Crippen molar-refractivity contribution in [3.63, 3.8) is 0 Å². The summed E-state index contributed by atoms with van der Waals surface area (Å²) < 4.78 is 28.1. The number of nitrogens with zero attached hydrogens (tertiary/aromatic N) is 2. The van der Waals surface area contributed by atoms with Crippen LogP contribution in [-0.2, 0) is 14.8 Å². The molecule has 2 aliphatic rings. The molecule has 2 aliphatic heterocycles. The van der Waals surface area contributed by atoms with Gasteiger partial charge in [0.15, 0.2) is 0 Å². The summed E-state index contributed by atoms with van der Waals surface area (Å²) in [6.45, 7) is 10.0. The van der Waals surface area contributed by atoms with Gasteiger partial charge >= 0.3 is 0 Å². The Balaban J connectivity index is 1.57. The van der Waals surface area contributed by atoms with Crippen LogP contribution in [0.1, 0.15) is 30.5 Å². The van der Waals surface area contributed by atoms with Crippen LogP contribution in [0.15, 0.2) is 46.9 Å². The molecule has 0 aromatic heterocycles. The molecule has 0 radical (unpaired) electrons. The van der Waals surface area contributed by atoms with E-state index in [-0.39, 0.29) is 10.8 Å². The van der Waals surface area contributed by atoms with E-state index in [1.165, 1.54) is 16.8 Å². The third kappa shape index (κ3) is 3.52. The van der Waals surface area contributed by atoms with E-state index >= 15 is 0 Å². The molecule has 0 saturated carbocycles. The monoisotopic (exact) mass is 425 g/mol. The maximum absolute atomic E-state index is 13.3. The highest BCUT2D eigenvalue weighted by molar-refractivity contribution is 7.89. The van der Waals surface area contributed by atoms with E-state index in [4.69, 9.17) is 0 Å².